The Labute approximate surface area is 193 Å². The van der Waals surface area contributed by atoms with Gasteiger partial charge in [-0.1, -0.05) is 29.3 Å². The molecular formula is C24H27ClN2O4S. The van der Waals surface area contributed by atoms with Gasteiger partial charge in [0, 0.05) is 30.3 Å². The number of H-pyrrole nitrogens is 1. The minimum atomic E-state index is -3.91. The molecule has 4 rings (SSSR count). The average Bonchev–Trinajstić information content (AvgIpc) is 3.23. The Hall–Kier alpha value is -2.19. The van der Waals surface area contributed by atoms with Crippen LogP contribution in [-0.2, 0) is 21.3 Å². The number of nitrogens with one attached hydrogen (secondary N) is 1. The highest BCUT2D eigenvalue weighted by Gasteiger charge is 2.31. The fourth-order valence-corrected chi connectivity index (χ4v) is 6.23. The smallest absolute Gasteiger partial charge is 0.252 e. The average molecular weight is 475 g/mol. The molecular weight excluding hydrogens is 448 g/mol. The lowest BCUT2D eigenvalue weighted by atomic mass is 10.1. The van der Waals surface area contributed by atoms with Crippen LogP contribution < -0.4 is 5.56 Å². The molecule has 1 saturated heterocycles. The molecule has 32 heavy (non-hydrogen) atoms. The molecule has 1 aromatic heterocycles. The Kier molecular flexibility index (Phi) is 6.45. The van der Waals surface area contributed by atoms with E-state index < -0.39 is 10.0 Å². The van der Waals surface area contributed by atoms with Crippen LogP contribution in [0.1, 0.15) is 35.1 Å². The number of hydrogen-bond acceptors (Lipinski definition) is 4. The van der Waals surface area contributed by atoms with Crippen molar-refractivity contribution in [1.82, 2.24) is 9.29 Å². The fourth-order valence-electron chi connectivity index (χ4n) is 4.29. The minimum Gasteiger partial charge on any atom is -0.377 e. The van der Waals surface area contributed by atoms with E-state index in [0.717, 1.165) is 34.9 Å². The van der Waals surface area contributed by atoms with E-state index in [0.29, 0.717) is 22.8 Å². The molecule has 1 N–H and O–H groups in total. The highest BCUT2D eigenvalue weighted by molar-refractivity contribution is 7.89. The summed E-state index contributed by atoms with van der Waals surface area (Å²) in [5.41, 5.74) is 3.52. The zero-order chi connectivity index (χ0) is 23.0. The third kappa shape index (κ3) is 4.62. The SMILES string of the molecule is Cc1cc(C)c2[nH]c(=O)c(CN(CC3CCCO3)S(=O)(=O)c3cc(Cl)ccc3C)cc2c1. The lowest BCUT2D eigenvalue weighted by Gasteiger charge is -2.25. The molecule has 170 valence electrons. The summed E-state index contributed by atoms with van der Waals surface area (Å²) in [6, 6.07) is 10.6. The number of halogens is 1. The first-order chi connectivity index (χ1) is 15.1. The van der Waals surface area contributed by atoms with Crippen molar-refractivity contribution in [3.8, 4) is 0 Å². The van der Waals surface area contributed by atoms with Crippen LogP contribution in [0, 0.1) is 20.8 Å². The quantitative estimate of drug-likeness (QED) is 0.571. The van der Waals surface area contributed by atoms with E-state index in [-0.39, 0.29) is 29.6 Å². The third-order valence-electron chi connectivity index (χ3n) is 5.92. The fraction of sp³-hybridized carbons (Fsp3) is 0.375. The molecule has 0 aliphatic carbocycles. The van der Waals surface area contributed by atoms with Crippen molar-refractivity contribution in [2.24, 2.45) is 0 Å². The Morgan fingerprint density at radius 1 is 1.12 bits per heavy atom. The molecule has 6 nitrogen and oxygen atoms in total. The normalized spacial score (nSPS) is 16.8. The summed E-state index contributed by atoms with van der Waals surface area (Å²) in [4.78, 5) is 16.0. The van der Waals surface area contributed by atoms with E-state index >= 15 is 0 Å². The standard InChI is InChI=1S/C24H27ClN2O4S/c1-15-9-17(3)23-18(10-15)11-19(24(28)26-23)13-27(14-21-5-4-8-31-21)32(29,30)22-12-20(25)7-6-16(22)2/h6-7,9-12,21H,4-5,8,13-14H2,1-3H3,(H,26,28). The molecule has 2 heterocycles. The van der Waals surface area contributed by atoms with Gasteiger partial charge in [-0.2, -0.15) is 4.31 Å². The first-order valence-electron chi connectivity index (χ1n) is 10.7. The minimum absolute atomic E-state index is 0.0492. The number of fused-ring (bicyclic) bond motifs is 1. The van der Waals surface area contributed by atoms with Gasteiger partial charge in [-0.05, 0) is 74.4 Å². The number of benzene rings is 2. The molecule has 8 heteroatoms. The summed E-state index contributed by atoms with van der Waals surface area (Å²) < 4.78 is 34.4. The first-order valence-corrected chi connectivity index (χ1v) is 12.5. The van der Waals surface area contributed by atoms with Crippen molar-refractivity contribution >= 4 is 32.5 Å². The maximum atomic E-state index is 13.7. The van der Waals surface area contributed by atoms with Gasteiger partial charge in [-0.25, -0.2) is 8.42 Å². The molecule has 2 aromatic carbocycles. The van der Waals surface area contributed by atoms with Crippen LogP contribution >= 0.6 is 11.6 Å². The first kappa shape index (κ1) is 23.0. The van der Waals surface area contributed by atoms with Gasteiger partial charge in [0.2, 0.25) is 10.0 Å². The molecule has 1 fully saturated rings. The topological polar surface area (TPSA) is 79.5 Å². The van der Waals surface area contributed by atoms with Crippen molar-refractivity contribution in [2.45, 2.75) is 51.2 Å². The predicted octanol–water partition coefficient (Wildman–Crippen LogP) is 4.48. The number of hydrogen-bond donors (Lipinski definition) is 1. The van der Waals surface area contributed by atoms with Crippen molar-refractivity contribution < 1.29 is 13.2 Å². The number of sulfonamides is 1. The summed E-state index contributed by atoms with van der Waals surface area (Å²) in [5, 5.41) is 1.23. The Bertz CT molecular complexity index is 1330. The molecule has 0 amide bonds. The van der Waals surface area contributed by atoms with Gasteiger partial charge in [-0.3, -0.25) is 4.79 Å². The van der Waals surface area contributed by atoms with E-state index in [9.17, 15) is 13.2 Å². The van der Waals surface area contributed by atoms with Crippen LogP contribution in [0.3, 0.4) is 0 Å². The molecule has 0 saturated carbocycles. The number of ether oxygens (including phenoxy) is 1. The third-order valence-corrected chi connectivity index (χ3v) is 8.10. The zero-order valence-electron chi connectivity index (χ0n) is 18.4. The number of aromatic amines is 1. The molecule has 1 aliphatic heterocycles. The van der Waals surface area contributed by atoms with Crippen LogP contribution in [0.25, 0.3) is 10.9 Å². The van der Waals surface area contributed by atoms with Gasteiger partial charge in [-0.15, -0.1) is 0 Å². The molecule has 1 atom stereocenters. The Balaban J connectivity index is 1.78. The molecule has 0 spiro atoms. The van der Waals surface area contributed by atoms with Gasteiger partial charge in [0.15, 0.2) is 0 Å². The molecule has 0 radical (unpaired) electrons. The van der Waals surface area contributed by atoms with E-state index in [1.165, 1.54) is 10.4 Å². The highest BCUT2D eigenvalue weighted by atomic mass is 35.5. The number of aromatic nitrogens is 1. The van der Waals surface area contributed by atoms with Gasteiger partial charge >= 0.3 is 0 Å². The summed E-state index contributed by atoms with van der Waals surface area (Å²) in [6.07, 6.45) is 1.48. The Morgan fingerprint density at radius 3 is 2.62 bits per heavy atom. The van der Waals surface area contributed by atoms with Crippen LogP contribution in [-0.4, -0.2) is 37.0 Å². The summed E-state index contributed by atoms with van der Waals surface area (Å²) in [7, 11) is -3.91. The van der Waals surface area contributed by atoms with Gasteiger partial charge in [0.1, 0.15) is 0 Å². The number of pyridine rings is 1. The van der Waals surface area contributed by atoms with Crippen molar-refractivity contribution in [1.29, 1.82) is 0 Å². The van der Waals surface area contributed by atoms with Gasteiger partial charge < -0.3 is 9.72 Å². The number of aryl methyl sites for hydroxylation is 3. The second-order valence-electron chi connectivity index (χ2n) is 8.51. The van der Waals surface area contributed by atoms with Gasteiger partial charge in [0.05, 0.1) is 16.5 Å². The van der Waals surface area contributed by atoms with E-state index in [1.54, 1.807) is 25.1 Å². The van der Waals surface area contributed by atoms with E-state index in [4.69, 9.17) is 16.3 Å². The van der Waals surface area contributed by atoms with Crippen LogP contribution in [0.15, 0.2) is 46.1 Å². The largest absolute Gasteiger partial charge is 0.377 e. The van der Waals surface area contributed by atoms with Crippen molar-refractivity contribution in [3.63, 3.8) is 0 Å². The molecule has 1 unspecified atom stereocenters. The summed E-state index contributed by atoms with van der Waals surface area (Å²) in [6.45, 7) is 6.42. The van der Waals surface area contributed by atoms with E-state index in [2.05, 4.69) is 4.98 Å². The lowest BCUT2D eigenvalue weighted by Crippen LogP contribution is -2.38. The highest BCUT2D eigenvalue weighted by Crippen LogP contribution is 2.27. The Morgan fingerprint density at radius 2 is 1.91 bits per heavy atom. The van der Waals surface area contributed by atoms with Crippen LogP contribution in [0.2, 0.25) is 5.02 Å². The predicted molar refractivity (Wildman–Crippen MR) is 127 cm³/mol. The second-order valence-corrected chi connectivity index (χ2v) is 10.9. The lowest BCUT2D eigenvalue weighted by molar-refractivity contribution is 0.0925. The maximum absolute atomic E-state index is 13.7. The molecule has 1 aliphatic rings. The van der Waals surface area contributed by atoms with Crippen molar-refractivity contribution in [2.75, 3.05) is 13.2 Å². The second kappa shape index (κ2) is 8.98. The summed E-state index contributed by atoms with van der Waals surface area (Å²) >= 11 is 6.12. The van der Waals surface area contributed by atoms with E-state index in [1.807, 2.05) is 26.0 Å². The molecule has 0 bridgehead atoms. The number of nitrogens with zero attached hydrogens (tertiary/aromatic N) is 1. The maximum Gasteiger partial charge on any atom is 0.252 e. The molecule has 3 aromatic rings. The summed E-state index contributed by atoms with van der Waals surface area (Å²) in [5.74, 6) is 0. The van der Waals surface area contributed by atoms with Gasteiger partial charge in [0.25, 0.3) is 5.56 Å². The van der Waals surface area contributed by atoms with Crippen molar-refractivity contribution in [3.05, 3.63) is 74.0 Å². The monoisotopic (exact) mass is 474 g/mol. The number of rotatable bonds is 6. The van der Waals surface area contributed by atoms with Crippen LogP contribution in [0.5, 0.6) is 0 Å². The zero-order valence-corrected chi connectivity index (χ0v) is 20.0. The van der Waals surface area contributed by atoms with Crippen LogP contribution in [0.4, 0.5) is 0 Å².